The van der Waals surface area contributed by atoms with Crippen LogP contribution in [0, 0.1) is 0 Å². The molecule has 0 spiro atoms. The van der Waals surface area contributed by atoms with Gasteiger partial charge in [-0.15, -0.1) is 0 Å². The quantitative estimate of drug-likeness (QED) is 0.153. The van der Waals surface area contributed by atoms with E-state index in [9.17, 15) is 0 Å². The molecular formula is C59H39N. The van der Waals surface area contributed by atoms with E-state index >= 15 is 0 Å². The van der Waals surface area contributed by atoms with E-state index in [-0.39, 0.29) is 0 Å². The molecule has 0 N–H and O–H groups in total. The molecule has 0 fully saturated rings. The van der Waals surface area contributed by atoms with Gasteiger partial charge in [-0.05, 0) is 113 Å². The fraction of sp³-hybridized carbons (Fsp3) is 0.0169. The van der Waals surface area contributed by atoms with Crippen LogP contribution < -0.4 is 4.90 Å². The first-order valence-electron chi connectivity index (χ1n) is 20.8. The fourth-order valence-corrected chi connectivity index (χ4v) is 10.3. The third kappa shape index (κ3) is 5.13. The number of nitrogens with zero attached hydrogens (tertiary/aromatic N) is 1. The van der Waals surface area contributed by atoms with Crippen molar-refractivity contribution in [2.45, 2.75) is 5.41 Å². The van der Waals surface area contributed by atoms with Gasteiger partial charge in [-0.1, -0.05) is 206 Å². The summed E-state index contributed by atoms with van der Waals surface area (Å²) in [6.45, 7) is 0. The molecule has 11 aromatic rings. The molecule has 0 aliphatic heterocycles. The SMILES string of the molecule is c1ccc(-c2ccc(N(c3ccc(C4(c5ccccc5)c5ccccc5-c5ccccc54)cc3)c3cc4ccc5ccc6ccccc6c5c4c4ccccc34)cc2)cc1. The molecule has 1 heteroatoms. The normalized spacial score (nSPS) is 12.8. The summed E-state index contributed by atoms with van der Waals surface area (Å²) in [5.41, 5.74) is 13.0. The van der Waals surface area contributed by atoms with Gasteiger partial charge in [0.2, 0.25) is 0 Å². The minimum atomic E-state index is -0.464. The van der Waals surface area contributed by atoms with Crippen molar-refractivity contribution < 1.29 is 0 Å². The highest BCUT2D eigenvalue weighted by Crippen LogP contribution is 2.56. The van der Waals surface area contributed by atoms with Crippen LogP contribution >= 0.6 is 0 Å². The second-order valence-electron chi connectivity index (χ2n) is 16.0. The molecule has 12 rings (SSSR count). The highest BCUT2D eigenvalue weighted by atomic mass is 15.1. The second kappa shape index (κ2) is 13.7. The van der Waals surface area contributed by atoms with Gasteiger partial charge >= 0.3 is 0 Å². The molecule has 1 aliphatic rings. The molecule has 0 unspecified atom stereocenters. The minimum absolute atomic E-state index is 0.464. The van der Waals surface area contributed by atoms with Gasteiger partial charge in [0.05, 0.1) is 11.1 Å². The van der Waals surface area contributed by atoms with Crippen LogP contribution in [0.5, 0.6) is 0 Å². The van der Waals surface area contributed by atoms with Crippen LogP contribution in [-0.4, -0.2) is 0 Å². The third-order valence-electron chi connectivity index (χ3n) is 12.9. The molecule has 1 nitrogen and oxygen atoms in total. The molecule has 1 aliphatic carbocycles. The van der Waals surface area contributed by atoms with Crippen molar-refractivity contribution in [3.8, 4) is 22.3 Å². The molecule has 11 aromatic carbocycles. The molecule has 0 saturated heterocycles. The Balaban J connectivity index is 1.10. The predicted molar refractivity (Wildman–Crippen MR) is 254 cm³/mol. The van der Waals surface area contributed by atoms with E-state index < -0.39 is 5.41 Å². The Kier molecular flexibility index (Phi) is 7.83. The largest absolute Gasteiger partial charge is 0.310 e. The first kappa shape index (κ1) is 34.3. The van der Waals surface area contributed by atoms with Crippen molar-refractivity contribution in [2.24, 2.45) is 0 Å². The van der Waals surface area contributed by atoms with Gasteiger partial charge in [-0.2, -0.15) is 0 Å². The molecule has 0 radical (unpaired) electrons. The Morgan fingerprint density at radius 2 is 0.767 bits per heavy atom. The van der Waals surface area contributed by atoms with Gasteiger partial charge in [0.1, 0.15) is 0 Å². The molecule has 280 valence electrons. The molecule has 60 heavy (non-hydrogen) atoms. The van der Waals surface area contributed by atoms with Crippen LogP contribution in [0.4, 0.5) is 17.1 Å². The lowest BCUT2D eigenvalue weighted by Gasteiger charge is -2.34. The van der Waals surface area contributed by atoms with E-state index in [2.05, 4.69) is 241 Å². The predicted octanol–water partition coefficient (Wildman–Crippen LogP) is 15.8. The first-order valence-corrected chi connectivity index (χ1v) is 20.8. The fourth-order valence-electron chi connectivity index (χ4n) is 10.3. The van der Waals surface area contributed by atoms with E-state index in [4.69, 9.17) is 0 Å². The standard InChI is InChI=1S/C59H39N/c1-3-15-40(16-4-1)41-31-35-47(36-32-41)60(56-39-44-30-29-43-28-27-42-17-7-8-20-49(42)57(43)58(44)53-24-10-9-23-52(53)56)48-37-33-46(34-38-48)59(45-18-5-2-6-19-45)54-25-13-11-21-50(54)51-22-12-14-26-55(51)59/h1-39H. The molecule has 0 aromatic heterocycles. The zero-order valence-corrected chi connectivity index (χ0v) is 33.0. The Bertz CT molecular complexity index is 3360. The van der Waals surface area contributed by atoms with Crippen molar-refractivity contribution in [1.82, 2.24) is 0 Å². The Morgan fingerprint density at radius 3 is 1.45 bits per heavy atom. The Labute approximate surface area is 350 Å². The van der Waals surface area contributed by atoms with E-state index in [1.165, 1.54) is 87.6 Å². The number of fused-ring (bicyclic) bond motifs is 10. The van der Waals surface area contributed by atoms with Gasteiger partial charge in [0, 0.05) is 16.8 Å². The van der Waals surface area contributed by atoms with Crippen LogP contribution in [0.15, 0.2) is 237 Å². The molecule has 0 atom stereocenters. The minimum Gasteiger partial charge on any atom is -0.310 e. The van der Waals surface area contributed by atoms with E-state index in [0.717, 1.165) is 17.1 Å². The maximum Gasteiger partial charge on any atom is 0.0713 e. The van der Waals surface area contributed by atoms with Crippen molar-refractivity contribution in [2.75, 3.05) is 4.90 Å². The maximum atomic E-state index is 2.46. The van der Waals surface area contributed by atoms with Crippen molar-refractivity contribution >= 4 is 60.2 Å². The Morgan fingerprint density at radius 1 is 0.300 bits per heavy atom. The summed E-state index contributed by atoms with van der Waals surface area (Å²) < 4.78 is 0. The molecule has 0 saturated carbocycles. The first-order chi connectivity index (χ1) is 29.8. The van der Waals surface area contributed by atoms with Crippen molar-refractivity contribution in [3.05, 3.63) is 259 Å². The number of rotatable bonds is 6. The van der Waals surface area contributed by atoms with Crippen LogP contribution in [0.25, 0.3) is 65.3 Å². The van der Waals surface area contributed by atoms with Crippen LogP contribution in [0.1, 0.15) is 22.3 Å². The smallest absolute Gasteiger partial charge is 0.0713 e. The highest BCUT2D eigenvalue weighted by molar-refractivity contribution is 6.29. The van der Waals surface area contributed by atoms with Crippen LogP contribution in [0.2, 0.25) is 0 Å². The molecular weight excluding hydrogens is 723 g/mol. The zero-order valence-electron chi connectivity index (χ0n) is 33.0. The lowest BCUT2D eigenvalue weighted by atomic mass is 9.68. The number of anilines is 3. The molecule has 0 heterocycles. The summed E-state index contributed by atoms with van der Waals surface area (Å²) in [6, 6.07) is 87.4. The summed E-state index contributed by atoms with van der Waals surface area (Å²) in [6.07, 6.45) is 0. The van der Waals surface area contributed by atoms with E-state index in [1.807, 2.05) is 0 Å². The van der Waals surface area contributed by atoms with Gasteiger partial charge in [-0.25, -0.2) is 0 Å². The summed E-state index contributed by atoms with van der Waals surface area (Å²) in [4.78, 5) is 2.46. The summed E-state index contributed by atoms with van der Waals surface area (Å²) in [5.74, 6) is 0. The van der Waals surface area contributed by atoms with Crippen LogP contribution in [-0.2, 0) is 5.41 Å². The summed E-state index contributed by atoms with van der Waals surface area (Å²) in [5, 5.41) is 10.1. The topological polar surface area (TPSA) is 3.24 Å². The van der Waals surface area contributed by atoms with Gasteiger partial charge in [-0.3, -0.25) is 0 Å². The van der Waals surface area contributed by atoms with Gasteiger partial charge in [0.25, 0.3) is 0 Å². The van der Waals surface area contributed by atoms with E-state index in [1.54, 1.807) is 0 Å². The molecule has 0 amide bonds. The van der Waals surface area contributed by atoms with Crippen molar-refractivity contribution in [1.29, 1.82) is 0 Å². The van der Waals surface area contributed by atoms with Gasteiger partial charge < -0.3 is 4.90 Å². The lowest BCUT2D eigenvalue weighted by Crippen LogP contribution is -2.28. The van der Waals surface area contributed by atoms with E-state index in [0.29, 0.717) is 0 Å². The monoisotopic (exact) mass is 761 g/mol. The number of hydrogen-bond acceptors (Lipinski definition) is 1. The summed E-state index contributed by atoms with van der Waals surface area (Å²) in [7, 11) is 0. The lowest BCUT2D eigenvalue weighted by molar-refractivity contribution is 0.768. The van der Waals surface area contributed by atoms with Crippen molar-refractivity contribution in [3.63, 3.8) is 0 Å². The molecule has 0 bridgehead atoms. The second-order valence-corrected chi connectivity index (χ2v) is 16.0. The summed E-state index contributed by atoms with van der Waals surface area (Å²) >= 11 is 0. The third-order valence-corrected chi connectivity index (χ3v) is 12.9. The van der Waals surface area contributed by atoms with Gasteiger partial charge in [0.15, 0.2) is 0 Å². The number of benzene rings is 11. The Hall–Kier alpha value is -7.74. The van der Waals surface area contributed by atoms with Crippen LogP contribution in [0.3, 0.4) is 0 Å². The highest BCUT2D eigenvalue weighted by Gasteiger charge is 2.45. The number of hydrogen-bond donors (Lipinski definition) is 0. The zero-order chi connectivity index (χ0) is 39.6. The maximum absolute atomic E-state index is 2.46. The average Bonchev–Trinajstić information content (AvgIpc) is 3.63. The average molecular weight is 762 g/mol.